The van der Waals surface area contributed by atoms with Gasteiger partial charge in [0.15, 0.2) is 5.78 Å². The van der Waals surface area contributed by atoms with Crippen LogP contribution in [0.25, 0.3) is 0 Å². The number of unbranched alkanes of at least 4 members (excludes halogenated alkanes) is 2. The number of rotatable bonds is 8. The molecule has 0 aromatic heterocycles. The second kappa shape index (κ2) is 8.83. The lowest BCUT2D eigenvalue weighted by Crippen LogP contribution is -2.30. The van der Waals surface area contributed by atoms with Crippen molar-refractivity contribution in [2.45, 2.75) is 38.5 Å². The van der Waals surface area contributed by atoms with Gasteiger partial charge in [-0.25, -0.2) is 0 Å². The molecule has 1 aliphatic heterocycles. The number of benzene rings is 1. The lowest BCUT2D eigenvalue weighted by Gasteiger charge is -2.26. The number of piperidine rings is 1. The van der Waals surface area contributed by atoms with E-state index < -0.39 is 0 Å². The van der Waals surface area contributed by atoms with Crippen LogP contribution < -0.4 is 4.74 Å². The van der Waals surface area contributed by atoms with E-state index in [9.17, 15) is 4.79 Å². The summed E-state index contributed by atoms with van der Waals surface area (Å²) in [5.74, 6) is 0.976. The van der Waals surface area contributed by atoms with Gasteiger partial charge in [-0.1, -0.05) is 18.6 Å². The van der Waals surface area contributed by atoms with Crippen molar-refractivity contribution in [1.29, 1.82) is 0 Å². The maximum atomic E-state index is 12.1. The number of carbonyl (C=O) groups excluding carboxylic acids is 1. The molecular weight excluding hydrogens is 262 g/mol. The fourth-order valence-corrected chi connectivity index (χ4v) is 2.77. The lowest BCUT2D eigenvalue weighted by molar-refractivity contribution is 0.0978. The van der Waals surface area contributed by atoms with Gasteiger partial charge in [0.1, 0.15) is 5.75 Å². The summed E-state index contributed by atoms with van der Waals surface area (Å²) in [6.07, 6.45) is 8.80. The summed E-state index contributed by atoms with van der Waals surface area (Å²) in [6, 6.07) is 7.44. The third-order valence-corrected chi connectivity index (χ3v) is 4.07. The van der Waals surface area contributed by atoms with Crippen molar-refractivity contribution >= 4 is 5.78 Å². The molecule has 1 heterocycles. The Kier molecular flexibility index (Phi) is 6.74. The molecule has 0 saturated carbocycles. The molecule has 3 nitrogen and oxygen atoms in total. The highest BCUT2D eigenvalue weighted by molar-refractivity contribution is 5.96. The molecule has 0 bridgehead atoms. The second-order valence-corrected chi connectivity index (χ2v) is 5.67. The van der Waals surface area contributed by atoms with Crippen LogP contribution in [0, 0.1) is 6.42 Å². The number of methoxy groups -OCH3 is 1. The Morgan fingerprint density at radius 2 is 2.00 bits per heavy atom. The van der Waals surface area contributed by atoms with E-state index in [4.69, 9.17) is 4.74 Å². The molecule has 1 fully saturated rings. The number of hydrogen-bond acceptors (Lipinski definition) is 3. The van der Waals surface area contributed by atoms with Crippen molar-refractivity contribution in [1.82, 2.24) is 4.90 Å². The molecule has 0 N–H and O–H groups in total. The molecular formula is C18H26NO2. The molecule has 115 valence electrons. The SMILES string of the molecule is COc1cccc(C(=O)CCCCCN2CC[CH]CC2)c1. The minimum Gasteiger partial charge on any atom is -0.497 e. The van der Waals surface area contributed by atoms with Crippen LogP contribution >= 0.6 is 0 Å². The van der Waals surface area contributed by atoms with Crippen LogP contribution in [0.4, 0.5) is 0 Å². The molecule has 1 aromatic carbocycles. The van der Waals surface area contributed by atoms with Crippen LogP contribution in [0.15, 0.2) is 24.3 Å². The van der Waals surface area contributed by atoms with Crippen molar-refractivity contribution in [2.24, 2.45) is 0 Å². The number of ketones is 1. The minimum atomic E-state index is 0.224. The fraction of sp³-hybridized carbons (Fsp3) is 0.556. The van der Waals surface area contributed by atoms with Crippen LogP contribution in [-0.2, 0) is 0 Å². The Hall–Kier alpha value is -1.35. The summed E-state index contributed by atoms with van der Waals surface area (Å²) in [4.78, 5) is 14.6. The molecule has 1 saturated heterocycles. The third kappa shape index (κ3) is 5.50. The molecule has 0 amide bonds. The van der Waals surface area contributed by atoms with E-state index in [0.29, 0.717) is 6.42 Å². The van der Waals surface area contributed by atoms with Gasteiger partial charge in [0.05, 0.1) is 7.11 Å². The first-order chi connectivity index (χ1) is 10.3. The van der Waals surface area contributed by atoms with Crippen molar-refractivity contribution in [3.8, 4) is 5.75 Å². The van der Waals surface area contributed by atoms with E-state index in [1.807, 2.05) is 24.3 Å². The zero-order valence-corrected chi connectivity index (χ0v) is 13.0. The molecule has 0 spiro atoms. The maximum Gasteiger partial charge on any atom is 0.163 e. The molecule has 0 atom stereocenters. The van der Waals surface area contributed by atoms with E-state index in [-0.39, 0.29) is 5.78 Å². The van der Waals surface area contributed by atoms with Crippen molar-refractivity contribution in [3.05, 3.63) is 36.2 Å². The highest BCUT2D eigenvalue weighted by atomic mass is 16.5. The number of hydrogen-bond donors (Lipinski definition) is 0. The van der Waals surface area contributed by atoms with Crippen LogP contribution in [0.5, 0.6) is 5.75 Å². The molecule has 3 heteroatoms. The zero-order valence-electron chi connectivity index (χ0n) is 13.0. The summed E-state index contributed by atoms with van der Waals surface area (Å²) in [5, 5.41) is 0. The lowest BCUT2D eigenvalue weighted by atomic mass is 10.0. The predicted molar refractivity (Wildman–Crippen MR) is 85.8 cm³/mol. The molecule has 1 radical (unpaired) electrons. The first kappa shape index (κ1) is 16.0. The first-order valence-corrected chi connectivity index (χ1v) is 8.01. The predicted octanol–water partition coefficient (Wildman–Crippen LogP) is 3.74. The van der Waals surface area contributed by atoms with Crippen LogP contribution in [0.1, 0.15) is 48.9 Å². The number of Topliss-reactive ketones (excluding diaryl/α,β-unsaturated/α-hetero) is 1. The Balaban J connectivity index is 1.62. The molecule has 2 rings (SSSR count). The fourth-order valence-electron chi connectivity index (χ4n) is 2.77. The summed E-state index contributed by atoms with van der Waals surface area (Å²) >= 11 is 0. The van der Waals surface area contributed by atoms with E-state index >= 15 is 0 Å². The van der Waals surface area contributed by atoms with Gasteiger partial charge in [0.25, 0.3) is 0 Å². The van der Waals surface area contributed by atoms with E-state index in [0.717, 1.165) is 24.2 Å². The minimum absolute atomic E-state index is 0.224. The van der Waals surface area contributed by atoms with Gasteiger partial charge in [-0.3, -0.25) is 4.79 Å². The van der Waals surface area contributed by atoms with Crippen LogP contribution in [0.2, 0.25) is 0 Å². The summed E-state index contributed by atoms with van der Waals surface area (Å²) in [7, 11) is 1.63. The second-order valence-electron chi connectivity index (χ2n) is 5.67. The summed E-state index contributed by atoms with van der Waals surface area (Å²) < 4.78 is 5.15. The smallest absolute Gasteiger partial charge is 0.163 e. The van der Waals surface area contributed by atoms with E-state index in [1.54, 1.807) is 7.11 Å². The van der Waals surface area contributed by atoms with Gasteiger partial charge >= 0.3 is 0 Å². The summed E-state index contributed by atoms with van der Waals surface area (Å²) in [6.45, 7) is 3.60. The Bertz CT molecular complexity index is 439. The molecule has 1 aliphatic rings. The summed E-state index contributed by atoms with van der Waals surface area (Å²) in [5.41, 5.74) is 0.765. The number of likely N-dealkylation sites (tertiary alicyclic amines) is 1. The highest BCUT2D eigenvalue weighted by Gasteiger charge is 2.10. The highest BCUT2D eigenvalue weighted by Crippen LogP contribution is 2.16. The number of carbonyl (C=O) groups is 1. The van der Waals surface area contributed by atoms with Crippen molar-refractivity contribution in [3.63, 3.8) is 0 Å². The normalized spacial score (nSPS) is 15.9. The van der Waals surface area contributed by atoms with Crippen molar-refractivity contribution in [2.75, 3.05) is 26.7 Å². The van der Waals surface area contributed by atoms with E-state index in [1.165, 1.54) is 38.9 Å². The average Bonchev–Trinajstić information content (AvgIpc) is 2.55. The molecule has 1 aromatic rings. The van der Waals surface area contributed by atoms with Gasteiger partial charge in [0.2, 0.25) is 0 Å². The Morgan fingerprint density at radius 3 is 2.76 bits per heavy atom. The molecule has 0 unspecified atom stereocenters. The van der Waals surface area contributed by atoms with Gasteiger partial charge in [-0.2, -0.15) is 0 Å². The molecule has 21 heavy (non-hydrogen) atoms. The van der Waals surface area contributed by atoms with Crippen LogP contribution in [0.3, 0.4) is 0 Å². The topological polar surface area (TPSA) is 29.5 Å². The van der Waals surface area contributed by atoms with Gasteiger partial charge in [-0.05, 0) is 63.9 Å². The quantitative estimate of drug-likeness (QED) is 0.539. The number of ether oxygens (including phenoxy) is 1. The van der Waals surface area contributed by atoms with Gasteiger partial charge in [-0.15, -0.1) is 0 Å². The Morgan fingerprint density at radius 1 is 1.19 bits per heavy atom. The first-order valence-electron chi connectivity index (χ1n) is 8.01. The monoisotopic (exact) mass is 288 g/mol. The van der Waals surface area contributed by atoms with Gasteiger partial charge in [0, 0.05) is 12.0 Å². The standard InChI is InChI=1S/C18H26NO2/c1-21-17-10-8-9-16(15-17)18(20)11-4-2-5-12-19-13-6-3-7-14-19/h3,8-10,15H,2,4-7,11-14H2,1H3. The molecule has 0 aliphatic carbocycles. The van der Waals surface area contributed by atoms with Gasteiger partial charge < -0.3 is 9.64 Å². The van der Waals surface area contributed by atoms with Crippen molar-refractivity contribution < 1.29 is 9.53 Å². The van der Waals surface area contributed by atoms with Crippen LogP contribution in [-0.4, -0.2) is 37.4 Å². The number of nitrogens with zero attached hydrogens (tertiary/aromatic N) is 1. The Labute approximate surface area is 128 Å². The van der Waals surface area contributed by atoms with E-state index in [2.05, 4.69) is 11.3 Å². The average molecular weight is 288 g/mol. The largest absolute Gasteiger partial charge is 0.497 e. The maximum absolute atomic E-state index is 12.1. The third-order valence-electron chi connectivity index (χ3n) is 4.07. The zero-order chi connectivity index (χ0) is 14.9.